The van der Waals surface area contributed by atoms with Crippen molar-refractivity contribution < 1.29 is 9.47 Å². The molecule has 0 radical (unpaired) electrons. The van der Waals surface area contributed by atoms with Crippen molar-refractivity contribution in [3.05, 3.63) is 89.2 Å². The second-order valence-electron chi connectivity index (χ2n) is 6.18. The first-order chi connectivity index (χ1) is 13.2. The van der Waals surface area contributed by atoms with Crippen LogP contribution in [0.15, 0.2) is 83.7 Å². The fraction of sp³-hybridized carbons (Fsp3) is 0.0870. The van der Waals surface area contributed by atoms with Crippen LogP contribution in [0.3, 0.4) is 0 Å². The number of hydrogen-bond donors (Lipinski definition) is 0. The first-order valence-corrected chi connectivity index (χ1v) is 8.65. The molecule has 4 nitrogen and oxygen atoms in total. The molecule has 0 saturated carbocycles. The summed E-state index contributed by atoms with van der Waals surface area (Å²) in [6, 6.07) is 24.9. The van der Waals surface area contributed by atoms with Gasteiger partial charge < -0.3 is 9.47 Å². The molecule has 134 valence electrons. The molecular formula is C23H19NO3. The van der Waals surface area contributed by atoms with Crippen LogP contribution in [-0.4, -0.2) is 18.8 Å². The minimum absolute atomic E-state index is 0.0518. The highest BCUT2D eigenvalue weighted by Gasteiger charge is 2.13. The van der Waals surface area contributed by atoms with E-state index in [-0.39, 0.29) is 5.56 Å². The van der Waals surface area contributed by atoms with E-state index in [9.17, 15) is 4.79 Å². The van der Waals surface area contributed by atoms with Gasteiger partial charge >= 0.3 is 0 Å². The standard InChI is InChI=1S/C23H19NO3/c1-26-19-11-7-16(8-12-19)22-15-17-5-3-4-6-21(17)23(25)24(22)18-9-13-20(27-2)14-10-18/h3-15H,1-2H3. The maximum atomic E-state index is 13.3. The number of benzene rings is 3. The summed E-state index contributed by atoms with van der Waals surface area (Å²) in [5.74, 6) is 1.52. The van der Waals surface area contributed by atoms with Crippen LogP contribution in [0.25, 0.3) is 27.7 Å². The van der Waals surface area contributed by atoms with Gasteiger partial charge in [0.05, 0.1) is 19.9 Å². The van der Waals surface area contributed by atoms with E-state index in [1.807, 2.05) is 78.9 Å². The number of methoxy groups -OCH3 is 2. The molecule has 0 aliphatic carbocycles. The molecule has 0 N–H and O–H groups in total. The zero-order valence-corrected chi connectivity index (χ0v) is 15.2. The Morgan fingerprint density at radius 3 is 1.96 bits per heavy atom. The lowest BCUT2D eigenvalue weighted by Crippen LogP contribution is -2.20. The zero-order valence-electron chi connectivity index (χ0n) is 15.2. The second-order valence-corrected chi connectivity index (χ2v) is 6.18. The molecule has 0 aliphatic rings. The molecule has 0 aliphatic heterocycles. The number of pyridine rings is 1. The molecule has 4 rings (SSSR count). The summed E-state index contributed by atoms with van der Waals surface area (Å²) in [6.45, 7) is 0. The lowest BCUT2D eigenvalue weighted by molar-refractivity contribution is 0.414. The van der Waals surface area contributed by atoms with Crippen molar-refractivity contribution in [2.75, 3.05) is 14.2 Å². The van der Waals surface area contributed by atoms with Gasteiger partial charge in [-0.05, 0) is 71.6 Å². The van der Waals surface area contributed by atoms with E-state index in [1.54, 1.807) is 18.8 Å². The van der Waals surface area contributed by atoms with Gasteiger partial charge in [0.25, 0.3) is 5.56 Å². The number of nitrogens with zero attached hydrogens (tertiary/aromatic N) is 1. The molecule has 0 amide bonds. The third-order valence-corrected chi connectivity index (χ3v) is 4.64. The van der Waals surface area contributed by atoms with Crippen LogP contribution < -0.4 is 15.0 Å². The molecule has 0 unspecified atom stereocenters. The van der Waals surface area contributed by atoms with E-state index >= 15 is 0 Å². The van der Waals surface area contributed by atoms with Crippen molar-refractivity contribution in [3.8, 4) is 28.4 Å². The molecule has 27 heavy (non-hydrogen) atoms. The Hall–Kier alpha value is -3.53. The van der Waals surface area contributed by atoms with E-state index in [0.717, 1.165) is 33.8 Å². The SMILES string of the molecule is COc1ccc(-c2cc3ccccc3c(=O)n2-c2ccc(OC)cc2)cc1. The van der Waals surface area contributed by atoms with Crippen LogP contribution in [0.2, 0.25) is 0 Å². The number of ether oxygens (including phenoxy) is 2. The predicted octanol–water partition coefficient (Wildman–Crippen LogP) is 4.67. The minimum Gasteiger partial charge on any atom is -0.497 e. The van der Waals surface area contributed by atoms with Crippen molar-refractivity contribution in [1.82, 2.24) is 4.57 Å². The quantitative estimate of drug-likeness (QED) is 0.533. The van der Waals surface area contributed by atoms with E-state index < -0.39 is 0 Å². The Bertz CT molecular complexity index is 1140. The molecule has 0 spiro atoms. The van der Waals surface area contributed by atoms with E-state index in [4.69, 9.17) is 9.47 Å². The summed E-state index contributed by atoms with van der Waals surface area (Å²) >= 11 is 0. The van der Waals surface area contributed by atoms with Crippen LogP contribution in [0, 0.1) is 0 Å². The first kappa shape index (κ1) is 16.9. The maximum Gasteiger partial charge on any atom is 0.263 e. The highest BCUT2D eigenvalue weighted by atomic mass is 16.5. The lowest BCUT2D eigenvalue weighted by Gasteiger charge is -2.16. The lowest BCUT2D eigenvalue weighted by atomic mass is 10.1. The molecule has 0 fully saturated rings. The highest BCUT2D eigenvalue weighted by Crippen LogP contribution is 2.27. The zero-order chi connectivity index (χ0) is 18.8. The summed E-state index contributed by atoms with van der Waals surface area (Å²) < 4.78 is 12.2. The second kappa shape index (κ2) is 7.00. The van der Waals surface area contributed by atoms with Gasteiger partial charge in [0.15, 0.2) is 0 Å². The summed E-state index contributed by atoms with van der Waals surface area (Å²) in [5, 5.41) is 1.60. The van der Waals surface area contributed by atoms with Gasteiger partial charge in [-0.3, -0.25) is 9.36 Å². The number of rotatable bonds is 4. The van der Waals surface area contributed by atoms with Crippen molar-refractivity contribution in [2.45, 2.75) is 0 Å². The summed E-state index contributed by atoms with van der Waals surface area (Å²) in [4.78, 5) is 13.3. The summed E-state index contributed by atoms with van der Waals surface area (Å²) in [7, 11) is 3.26. The number of hydrogen-bond acceptors (Lipinski definition) is 3. The Balaban J connectivity index is 2.01. The molecule has 4 aromatic rings. The number of aromatic nitrogens is 1. The van der Waals surface area contributed by atoms with Gasteiger partial charge in [-0.15, -0.1) is 0 Å². The fourth-order valence-electron chi connectivity index (χ4n) is 3.22. The molecule has 4 heteroatoms. The van der Waals surface area contributed by atoms with Crippen LogP contribution in [0.1, 0.15) is 0 Å². The van der Waals surface area contributed by atoms with Crippen molar-refractivity contribution in [2.24, 2.45) is 0 Å². The molecule has 0 bridgehead atoms. The van der Waals surface area contributed by atoms with E-state index in [1.165, 1.54) is 0 Å². The fourth-order valence-corrected chi connectivity index (χ4v) is 3.22. The van der Waals surface area contributed by atoms with Gasteiger partial charge in [0.2, 0.25) is 0 Å². The molecule has 1 aromatic heterocycles. The Labute approximate surface area is 157 Å². The van der Waals surface area contributed by atoms with Crippen LogP contribution in [-0.2, 0) is 0 Å². The summed E-state index contributed by atoms with van der Waals surface area (Å²) in [5.41, 5.74) is 2.50. The Morgan fingerprint density at radius 2 is 1.33 bits per heavy atom. The van der Waals surface area contributed by atoms with Crippen LogP contribution in [0.5, 0.6) is 11.5 Å². The molecule has 0 atom stereocenters. The third-order valence-electron chi connectivity index (χ3n) is 4.64. The third kappa shape index (κ3) is 3.06. The van der Waals surface area contributed by atoms with Gasteiger partial charge in [0, 0.05) is 11.1 Å². The highest BCUT2D eigenvalue weighted by molar-refractivity contribution is 5.86. The van der Waals surface area contributed by atoms with Crippen molar-refractivity contribution in [3.63, 3.8) is 0 Å². The average molecular weight is 357 g/mol. The van der Waals surface area contributed by atoms with Crippen molar-refractivity contribution >= 4 is 10.8 Å². The van der Waals surface area contributed by atoms with Gasteiger partial charge in [0.1, 0.15) is 11.5 Å². The monoisotopic (exact) mass is 357 g/mol. The van der Waals surface area contributed by atoms with Gasteiger partial charge in [-0.1, -0.05) is 18.2 Å². The van der Waals surface area contributed by atoms with Crippen molar-refractivity contribution in [1.29, 1.82) is 0 Å². The van der Waals surface area contributed by atoms with Crippen LogP contribution >= 0.6 is 0 Å². The van der Waals surface area contributed by atoms with Crippen LogP contribution in [0.4, 0.5) is 0 Å². The molecule has 1 heterocycles. The first-order valence-electron chi connectivity index (χ1n) is 8.65. The Morgan fingerprint density at radius 1 is 0.741 bits per heavy atom. The predicted molar refractivity (Wildman–Crippen MR) is 108 cm³/mol. The van der Waals surface area contributed by atoms with Gasteiger partial charge in [-0.25, -0.2) is 0 Å². The minimum atomic E-state index is -0.0518. The largest absolute Gasteiger partial charge is 0.497 e. The van der Waals surface area contributed by atoms with E-state index in [2.05, 4.69) is 0 Å². The topological polar surface area (TPSA) is 40.5 Å². The maximum absolute atomic E-state index is 13.3. The van der Waals surface area contributed by atoms with Gasteiger partial charge in [-0.2, -0.15) is 0 Å². The smallest absolute Gasteiger partial charge is 0.263 e. The molecule has 3 aromatic carbocycles. The summed E-state index contributed by atoms with van der Waals surface area (Å²) in [6.07, 6.45) is 0. The number of fused-ring (bicyclic) bond motifs is 1. The molecule has 0 saturated heterocycles. The Kier molecular flexibility index (Phi) is 4.38. The normalized spacial score (nSPS) is 10.7. The van der Waals surface area contributed by atoms with E-state index in [0.29, 0.717) is 5.39 Å². The average Bonchev–Trinajstić information content (AvgIpc) is 2.74. The molecular weight excluding hydrogens is 338 g/mol.